The molecule has 96 valence electrons. The summed E-state index contributed by atoms with van der Waals surface area (Å²) in [4.78, 5) is 24.5. The van der Waals surface area contributed by atoms with E-state index < -0.39 is 5.23 Å². The first-order chi connectivity index (χ1) is 8.50. The van der Waals surface area contributed by atoms with Crippen molar-refractivity contribution in [3.8, 4) is 0 Å². The lowest BCUT2D eigenvalue weighted by atomic mass is 10.1. The second-order valence-corrected chi connectivity index (χ2v) is 4.06. The third-order valence-electron chi connectivity index (χ3n) is 2.80. The molecule has 1 aromatic carbocycles. The van der Waals surface area contributed by atoms with Crippen LogP contribution in [-0.4, -0.2) is 17.0 Å². The van der Waals surface area contributed by atoms with E-state index in [2.05, 4.69) is 0 Å². The minimum atomic E-state index is -1.11. The molecule has 0 saturated carbocycles. The van der Waals surface area contributed by atoms with Crippen LogP contribution in [0.4, 0.5) is 17.1 Å². The maximum Gasteiger partial charge on any atom is 0.233 e. The Balaban J connectivity index is 2.38. The van der Waals surface area contributed by atoms with Crippen LogP contribution in [0.15, 0.2) is 18.2 Å². The zero-order valence-corrected chi connectivity index (χ0v) is 9.55. The van der Waals surface area contributed by atoms with Crippen molar-refractivity contribution >= 4 is 28.9 Å². The number of nitrogens with one attached hydrogen (secondary N) is 1. The van der Waals surface area contributed by atoms with Gasteiger partial charge in [-0.25, -0.2) is 10.1 Å². The highest BCUT2D eigenvalue weighted by molar-refractivity contribution is 6.17. The molecule has 2 rings (SSSR count). The van der Waals surface area contributed by atoms with Crippen LogP contribution in [0.1, 0.15) is 19.3 Å². The number of anilines is 2. The lowest BCUT2D eigenvalue weighted by molar-refractivity contribution is -0.991. The number of nitrogen functional groups attached to an aromatic ring is 1. The monoisotopic (exact) mass is 251 g/mol. The Kier molecular flexibility index (Phi) is 3.28. The number of piperidine rings is 1. The molecule has 0 aliphatic carbocycles. The molecule has 0 bridgehead atoms. The number of nitrogens with zero attached hydrogens (tertiary/aromatic N) is 1. The molecule has 1 atom stereocenters. The first-order valence-electron chi connectivity index (χ1n) is 5.49. The predicted molar refractivity (Wildman–Crippen MR) is 63.0 cm³/mol. The fraction of sp³-hybridized carbons (Fsp3) is 0.273. The van der Waals surface area contributed by atoms with Gasteiger partial charge < -0.3 is 10.9 Å². The van der Waals surface area contributed by atoms with E-state index in [1.807, 2.05) is 0 Å². The van der Waals surface area contributed by atoms with Gasteiger partial charge in [-0.3, -0.25) is 9.59 Å². The number of imide groups is 1. The Morgan fingerprint density at radius 3 is 2.39 bits per heavy atom. The topological polar surface area (TPSA) is 111 Å². The van der Waals surface area contributed by atoms with Gasteiger partial charge in [0.25, 0.3) is 0 Å². The van der Waals surface area contributed by atoms with Crippen molar-refractivity contribution in [1.82, 2.24) is 0 Å². The smallest absolute Gasteiger partial charge is 0.233 e. The van der Waals surface area contributed by atoms with Gasteiger partial charge in [0, 0.05) is 25.0 Å². The minimum Gasteiger partial charge on any atom is -0.595 e. The van der Waals surface area contributed by atoms with E-state index in [1.165, 1.54) is 18.2 Å². The number of nitrogens with two attached hydrogens (primary N) is 1. The molecule has 1 fully saturated rings. The van der Waals surface area contributed by atoms with E-state index in [0.29, 0.717) is 19.3 Å². The van der Waals surface area contributed by atoms with Gasteiger partial charge in [-0.05, 0) is 12.5 Å². The van der Waals surface area contributed by atoms with E-state index >= 15 is 0 Å². The number of carbonyl (C=O) groups is 2. The van der Waals surface area contributed by atoms with E-state index in [-0.39, 0.29) is 28.9 Å². The Morgan fingerprint density at radius 1 is 1.28 bits per heavy atom. The van der Waals surface area contributed by atoms with Crippen molar-refractivity contribution in [2.24, 2.45) is 0 Å². The molecule has 1 saturated heterocycles. The maximum absolute atomic E-state index is 11.7. The highest BCUT2D eigenvalue weighted by Crippen LogP contribution is 2.29. The van der Waals surface area contributed by atoms with E-state index in [0.717, 1.165) is 4.90 Å². The number of rotatable bonds is 2. The Hall–Kier alpha value is -1.96. The van der Waals surface area contributed by atoms with Gasteiger partial charge in [-0.1, -0.05) is 0 Å². The van der Waals surface area contributed by atoms with Gasteiger partial charge in [-0.15, -0.1) is 0 Å². The summed E-state index contributed by atoms with van der Waals surface area (Å²) in [7, 11) is 0. The molecule has 1 aliphatic heterocycles. The molecule has 0 aromatic heterocycles. The van der Waals surface area contributed by atoms with Gasteiger partial charge in [0.1, 0.15) is 0 Å². The van der Waals surface area contributed by atoms with Crippen molar-refractivity contribution in [2.45, 2.75) is 19.3 Å². The van der Waals surface area contributed by atoms with Crippen LogP contribution >= 0.6 is 0 Å². The van der Waals surface area contributed by atoms with Gasteiger partial charge >= 0.3 is 0 Å². The lowest BCUT2D eigenvalue weighted by Crippen LogP contribution is -2.99. The molecule has 7 heteroatoms. The predicted octanol–water partition coefficient (Wildman–Crippen LogP) is -0.284. The van der Waals surface area contributed by atoms with Crippen LogP contribution in [-0.2, 0) is 9.59 Å². The third-order valence-corrected chi connectivity index (χ3v) is 2.80. The Bertz CT molecular complexity index is 485. The molecule has 1 heterocycles. The number of quaternary nitrogens is 1. The largest absolute Gasteiger partial charge is 0.595 e. The number of carbonyl (C=O) groups excluding carboxylic acids is 2. The van der Waals surface area contributed by atoms with E-state index in [1.54, 1.807) is 0 Å². The van der Waals surface area contributed by atoms with Crippen LogP contribution < -0.4 is 15.9 Å². The Morgan fingerprint density at radius 2 is 1.89 bits per heavy atom. The highest BCUT2D eigenvalue weighted by Gasteiger charge is 2.28. The van der Waals surface area contributed by atoms with E-state index in [9.17, 15) is 14.8 Å². The standard InChI is InChI=1S/C11H13N3O4/c12-8-6-7(14(17)18)4-5-9(8)13-10(15)2-1-3-11(13)16/h4-6,14,17H,1-3,12H2. The van der Waals surface area contributed by atoms with Crippen LogP contribution in [0.5, 0.6) is 0 Å². The molecule has 0 radical (unpaired) electrons. The van der Waals surface area contributed by atoms with Gasteiger partial charge in [-0.2, -0.15) is 5.23 Å². The highest BCUT2D eigenvalue weighted by atomic mass is 16.8. The minimum absolute atomic E-state index is 0.0214. The quantitative estimate of drug-likeness (QED) is 0.380. The van der Waals surface area contributed by atoms with Gasteiger partial charge in [0.15, 0.2) is 5.69 Å². The second-order valence-electron chi connectivity index (χ2n) is 4.06. The lowest BCUT2D eigenvalue weighted by Gasteiger charge is -2.26. The summed E-state index contributed by atoms with van der Waals surface area (Å²) in [6.07, 6.45) is 1.14. The molecule has 1 aromatic rings. The SMILES string of the molecule is Nc1cc([NH+]([O-])O)ccc1N1C(=O)CCCC1=O. The molecule has 7 nitrogen and oxygen atoms in total. The molecular weight excluding hydrogens is 238 g/mol. The second kappa shape index (κ2) is 4.73. The molecular formula is C11H13N3O4. The normalized spacial score (nSPS) is 18.0. The van der Waals surface area contributed by atoms with Crippen LogP contribution in [0, 0.1) is 5.21 Å². The summed E-state index contributed by atoms with van der Waals surface area (Å²) in [6.45, 7) is 0. The van der Waals surface area contributed by atoms with E-state index in [4.69, 9.17) is 10.9 Å². The molecule has 2 amide bonds. The average Bonchev–Trinajstić information content (AvgIpc) is 2.30. The fourth-order valence-corrected chi connectivity index (χ4v) is 1.91. The number of benzene rings is 1. The summed E-state index contributed by atoms with van der Waals surface area (Å²) in [6, 6.07) is 3.95. The first kappa shape index (κ1) is 12.5. The van der Waals surface area contributed by atoms with Crippen molar-refractivity contribution in [2.75, 3.05) is 10.6 Å². The number of hydrogen-bond acceptors (Lipinski definition) is 5. The zero-order chi connectivity index (χ0) is 13.3. The summed E-state index contributed by atoms with van der Waals surface area (Å²) in [5.74, 6) is -0.609. The molecule has 1 aliphatic rings. The van der Waals surface area contributed by atoms with Crippen molar-refractivity contribution in [3.63, 3.8) is 0 Å². The zero-order valence-electron chi connectivity index (χ0n) is 9.55. The summed E-state index contributed by atoms with van der Waals surface area (Å²) in [5, 5.41) is 18.5. The first-order valence-corrected chi connectivity index (χ1v) is 5.49. The molecule has 1 unspecified atom stereocenters. The number of amides is 2. The maximum atomic E-state index is 11.7. The van der Waals surface area contributed by atoms with Gasteiger partial charge in [0.2, 0.25) is 11.8 Å². The van der Waals surface area contributed by atoms with Gasteiger partial charge in [0.05, 0.1) is 11.4 Å². The number of hydrogen-bond donors (Lipinski definition) is 3. The molecule has 0 spiro atoms. The van der Waals surface area contributed by atoms with Crippen molar-refractivity contribution in [1.29, 1.82) is 0 Å². The third kappa shape index (κ3) is 2.19. The van der Waals surface area contributed by atoms with Crippen LogP contribution in [0.25, 0.3) is 0 Å². The Labute approximate surface area is 103 Å². The summed E-state index contributed by atoms with van der Waals surface area (Å²) >= 11 is 0. The van der Waals surface area contributed by atoms with Crippen molar-refractivity contribution in [3.05, 3.63) is 23.4 Å². The molecule has 18 heavy (non-hydrogen) atoms. The average molecular weight is 251 g/mol. The van der Waals surface area contributed by atoms with Crippen LogP contribution in [0.3, 0.4) is 0 Å². The molecule has 4 N–H and O–H groups in total. The fourth-order valence-electron chi connectivity index (χ4n) is 1.91. The van der Waals surface area contributed by atoms with Crippen molar-refractivity contribution < 1.29 is 20.0 Å². The summed E-state index contributed by atoms with van der Waals surface area (Å²) < 4.78 is 0. The van der Waals surface area contributed by atoms with Crippen LogP contribution in [0.2, 0.25) is 0 Å². The summed E-state index contributed by atoms with van der Waals surface area (Å²) in [5.41, 5.74) is 6.10.